The molecule has 0 spiro atoms. The van der Waals surface area contributed by atoms with E-state index in [2.05, 4.69) is 10.2 Å². The third kappa shape index (κ3) is 6.12. The summed E-state index contributed by atoms with van der Waals surface area (Å²) < 4.78 is 31.9. The number of carbonyl (C=O) groups excluding carboxylic acids is 1. The van der Waals surface area contributed by atoms with Crippen LogP contribution in [0.15, 0.2) is 29.2 Å². The largest absolute Gasteiger partial charge is 0.497 e. The summed E-state index contributed by atoms with van der Waals surface area (Å²) in [7, 11) is -1.92. The monoisotopic (exact) mass is 405 g/mol. The number of sulfonamides is 1. The molecule has 1 amide bonds. The van der Waals surface area contributed by atoms with Gasteiger partial charge < -0.3 is 10.1 Å². The summed E-state index contributed by atoms with van der Waals surface area (Å²) in [5.74, 6) is 0.706. The Balaban J connectivity index is 0.00000338. The summed E-state index contributed by atoms with van der Waals surface area (Å²) in [6.45, 7) is 5.56. The minimum Gasteiger partial charge on any atom is -0.497 e. The number of benzene rings is 1. The van der Waals surface area contributed by atoms with Gasteiger partial charge in [0.1, 0.15) is 5.75 Å². The number of amides is 1. The van der Waals surface area contributed by atoms with Crippen molar-refractivity contribution in [3.8, 4) is 5.75 Å². The van der Waals surface area contributed by atoms with E-state index in [0.717, 1.165) is 13.0 Å². The molecule has 0 saturated carbocycles. The lowest BCUT2D eigenvalue weighted by atomic mass is 10.3. The first-order valence-corrected chi connectivity index (χ1v) is 10.0. The van der Waals surface area contributed by atoms with Gasteiger partial charge in [-0.05, 0) is 30.7 Å². The zero-order valence-electron chi connectivity index (χ0n) is 15.3. The summed E-state index contributed by atoms with van der Waals surface area (Å²) in [5, 5.41) is 2.88. The van der Waals surface area contributed by atoms with Crippen LogP contribution >= 0.6 is 12.4 Å². The van der Waals surface area contributed by atoms with Gasteiger partial charge in [-0.2, -0.15) is 4.31 Å². The molecule has 26 heavy (non-hydrogen) atoms. The van der Waals surface area contributed by atoms with Gasteiger partial charge in [-0.15, -0.1) is 12.4 Å². The Morgan fingerprint density at radius 2 is 1.77 bits per heavy atom. The Kier molecular flexibility index (Phi) is 9.35. The van der Waals surface area contributed by atoms with Crippen LogP contribution < -0.4 is 10.1 Å². The zero-order valence-corrected chi connectivity index (χ0v) is 16.9. The third-order valence-electron chi connectivity index (χ3n) is 4.26. The fourth-order valence-electron chi connectivity index (χ4n) is 2.76. The lowest BCUT2D eigenvalue weighted by Gasteiger charge is -2.34. The standard InChI is InChI=1S/C17H27N3O4S.ClH/c1-3-4-17(21)18-9-10-19-11-13-20(14-12-19)25(22,23)16-7-5-15(24-2)6-8-16;/h5-8H,3-4,9-14H2,1-2H3,(H,18,21);1H. The van der Waals surface area contributed by atoms with Gasteiger partial charge in [0, 0.05) is 45.7 Å². The highest BCUT2D eigenvalue weighted by Crippen LogP contribution is 2.20. The summed E-state index contributed by atoms with van der Waals surface area (Å²) in [4.78, 5) is 13.9. The molecule has 0 bridgehead atoms. The van der Waals surface area contributed by atoms with Crippen molar-refractivity contribution < 1.29 is 17.9 Å². The van der Waals surface area contributed by atoms with Gasteiger partial charge in [-0.3, -0.25) is 9.69 Å². The Labute approximate surface area is 162 Å². The van der Waals surface area contributed by atoms with E-state index in [1.165, 1.54) is 4.31 Å². The fourth-order valence-corrected chi connectivity index (χ4v) is 4.18. The van der Waals surface area contributed by atoms with E-state index in [-0.39, 0.29) is 23.2 Å². The van der Waals surface area contributed by atoms with E-state index in [1.54, 1.807) is 31.4 Å². The van der Waals surface area contributed by atoms with E-state index in [1.807, 2.05) is 6.92 Å². The topological polar surface area (TPSA) is 79.0 Å². The molecule has 1 saturated heterocycles. The average molecular weight is 406 g/mol. The lowest BCUT2D eigenvalue weighted by Crippen LogP contribution is -2.50. The van der Waals surface area contributed by atoms with E-state index in [4.69, 9.17) is 4.74 Å². The first-order chi connectivity index (χ1) is 12.0. The molecule has 0 atom stereocenters. The maximum atomic E-state index is 12.7. The van der Waals surface area contributed by atoms with Crippen LogP contribution in [0.4, 0.5) is 0 Å². The summed E-state index contributed by atoms with van der Waals surface area (Å²) in [6, 6.07) is 6.46. The summed E-state index contributed by atoms with van der Waals surface area (Å²) in [5.41, 5.74) is 0. The number of ether oxygens (including phenoxy) is 1. The van der Waals surface area contributed by atoms with Crippen LogP contribution in [0.25, 0.3) is 0 Å². The Morgan fingerprint density at radius 1 is 1.15 bits per heavy atom. The van der Waals surface area contributed by atoms with E-state index >= 15 is 0 Å². The van der Waals surface area contributed by atoms with Crippen molar-refractivity contribution in [2.24, 2.45) is 0 Å². The number of hydrogen-bond donors (Lipinski definition) is 1. The number of nitrogens with zero attached hydrogens (tertiary/aromatic N) is 2. The van der Waals surface area contributed by atoms with Crippen LogP contribution in [0.3, 0.4) is 0 Å². The predicted octanol–water partition coefficient (Wildman–Crippen LogP) is 1.34. The Bertz CT molecular complexity index is 659. The molecule has 0 unspecified atom stereocenters. The van der Waals surface area contributed by atoms with Gasteiger partial charge in [0.15, 0.2) is 0 Å². The molecule has 1 fully saturated rings. The molecule has 1 aromatic carbocycles. The first kappa shape index (κ1) is 22.7. The number of rotatable bonds is 8. The Hall–Kier alpha value is -1.35. The van der Waals surface area contributed by atoms with E-state index < -0.39 is 10.0 Å². The summed E-state index contributed by atoms with van der Waals surface area (Å²) >= 11 is 0. The smallest absolute Gasteiger partial charge is 0.243 e. The highest BCUT2D eigenvalue weighted by Gasteiger charge is 2.28. The van der Waals surface area contributed by atoms with Crippen LogP contribution in [0, 0.1) is 0 Å². The van der Waals surface area contributed by atoms with Gasteiger partial charge in [0.05, 0.1) is 12.0 Å². The predicted molar refractivity (Wildman–Crippen MR) is 103 cm³/mol. The third-order valence-corrected chi connectivity index (χ3v) is 6.17. The van der Waals surface area contributed by atoms with Crippen molar-refractivity contribution >= 4 is 28.3 Å². The average Bonchev–Trinajstić information content (AvgIpc) is 2.62. The second-order valence-electron chi connectivity index (χ2n) is 6.02. The van der Waals surface area contributed by atoms with Crippen LogP contribution in [0.2, 0.25) is 0 Å². The number of halogens is 1. The van der Waals surface area contributed by atoms with Crippen molar-refractivity contribution in [3.05, 3.63) is 24.3 Å². The fraction of sp³-hybridized carbons (Fsp3) is 0.588. The molecule has 1 heterocycles. The maximum absolute atomic E-state index is 12.7. The van der Waals surface area contributed by atoms with Gasteiger partial charge in [-0.25, -0.2) is 8.42 Å². The van der Waals surface area contributed by atoms with E-state index in [9.17, 15) is 13.2 Å². The molecule has 1 aliphatic heterocycles. The van der Waals surface area contributed by atoms with Crippen molar-refractivity contribution in [1.29, 1.82) is 0 Å². The molecular weight excluding hydrogens is 378 g/mol. The van der Waals surface area contributed by atoms with Crippen LogP contribution in [0.5, 0.6) is 5.75 Å². The van der Waals surface area contributed by atoms with Crippen LogP contribution in [0.1, 0.15) is 19.8 Å². The quantitative estimate of drug-likeness (QED) is 0.706. The molecule has 7 nitrogen and oxygen atoms in total. The molecule has 1 aliphatic rings. The minimum absolute atomic E-state index is 0. The number of carbonyl (C=O) groups is 1. The molecule has 2 rings (SSSR count). The Morgan fingerprint density at radius 3 is 2.31 bits per heavy atom. The summed E-state index contributed by atoms with van der Waals surface area (Å²) in [6.07, 6.45) is 1.39. The van der Waals surface area contributed by atoms with E-state index in [0.29, 0.717) is 44.9 Å². The highest BCUT2D eigenvalue weighted by atomic mass is 35.5. The molecule has 1 aromatic rings. The highest BCUT2D eigenvalue weighted by molar-refractivity contribution is 7.89. The number of piperazine rings is 1. The van der Waals surface area contributed by atoms with Crippen LogP contribution in [-0.4, -0.2) is 69.9 Å². The second-order valence-corrected chi connectivity index (χ2v) is 7.96. The normalized spacial score (nSPS) is 15.9. The maximum Gasteiger partial charge on any atom is 0.243 e. The van der Waals surface area contributed by atoms with Crippen LogP contribution in [-0.2, 0) is 14.8 Å². The van der Waals surface area contributed by atoms with Gasteiger partial charge in [-0.1, -0.05) is 6.92 Å². The molecule has 148 valence electrons. The van der Waals surface area contributed by atoms with Gasteiger partial charge >= 0.3 is 0 Å². The molecule has 0 aromatic heterocycles. The molecular formula is C17H28ClN3O4S. The van der Waals surface area contributed by atoms with Gasteiger partial charge in [0.25, 0.3) is 0 Å². The SMILES string of the molecule is CCCC(=O)NCCN1CCN(S(=O)(=O)c2ccc(OC)cc2)CC1.Cl. The van der Waals surface area contributed by atoms with Crippen molar-refractivity contribution in [1.82, 2.24) is 14.5 Å². The first-order valence-electron chi connectivity index (χ1n) is 8.60. The number of nitrogens with one attached hydrogen (secondary N) is 1. The number of hydrogen-bond acceptors (Lipinski definition) is 5. The zero-order chi connectivity index (χ0) is 18.3. The van der Waals surface area contributed by atoms with Gasteiger partial charge in [0.2, 0.25) is 15.9 Å². The molecule has 9 heteroatoms. The van der Waals surface area contributed by atoms with Crippen molar-refractivity contribution in [3.63, 3.8) is 0 Å². The van der Waals surface area contributed by atoms with Crippen molar-refractivity contribution in [2.45, 2.75) is 24.7 Å². The molecule has 0 radical (unpaired) electrons. The number of methoxy groups -OCH3 is 1. The lowest BCUT2D eigenvalue weighted by molar-refractivity contribution is -0.121. The second kappa shape index (κ2) is 10.7. The molecule has 1 N–H and O–H groups in total. The minimum atomic E-state index is -3.47. The van der Waals surface area contributed by atoms with Crippen molar-refractivity contribution in [2.75, 3.05) is 46.4 Å². The molecule has 0 aliphatic carbocycles.